The molecule has 1 aliphatic rings. The zero-order valence-electron chi connectivity index (χ0n) is 9.64. The Morgan fingerprint density at radius 3 is 2.83 bits per heavy atom. The number of rotatable bonds is 1. The summed E-state index contributed by atoms with van der Waals surface area (Å²) < 4.78 is 38.0. The van der Waals surface area contributed by atoms with Crippen LogP contribution >= 0.6 is 0 Å². The van der Waals surface area contributed by atoms with Gasteiger partial charge in [0.2, 0.25) is 16.0 Å². The number of anilines is 1. The maximum atomic E-state index is 13.7. The quantitative estimate of drug-likeness (QED) is 0.638. The summed E-state index contributed by atoms with van der Waals surface area (Å²) in [4.78, 5) is 0. The van der Waals surface area contributed by atoms with Crippen molar-refractivity contribution >= 4 is 21.7 Å². The van der Waals surface area contributed by atoms with Crippen LogP contribution in [0.4, 0.5) is 10.1 Å². The smallest absolute Gasteiger partial charge is 0.239 e. The summed E-state index contributed by atoms with van der Waals surface area (Å²) in [6.07, 6.45) is 0. The van der Waals surface area contributed by atoms with Gasteiger partial charge in [-0.05, 0) is 18.2 Å². The van der Waals surface area contributed by atoms with Crippen molar-refractivity contribution in [1.82, 2.24) is 9.62 Å². The van der Waals surface area contributed by atoms with Crippen LogP contribution in [0.1, 0.15) is 11.6 Å². The zero-order chi connectivity index (χ0) is 13.5. The average molecular weight is 272 g/mol. The summed E-state index contributed by atoms with van der Waals surface area (Å²) in [5, 5.41) is 10.2. The molecule has 1 aromatic carbocycles. The van der Waals surface area contributed by atoms with Crippen LogP contribution in [-0.4, -0.2) is 31.5 Å². The predicted molar refractivity (Wildman–Crippen MR) is 66.0 cm³/mol. The predicted octanol–water partition coefficient (Wildman–Crippen LogP) is 0.249. The number of sulfonamides is 1. The molecule has 1 aromatic rings. The van der Waals surface area contributed by atoms with Gasteiger partial charge in [0.25, 0.3) is 0 Å². The maximum absolute atomic E-state index is 13.7. The molecule has 1 aliphatic heterocycles. The first-order valence-electron chi connectivity index (χ1n) is 5.18. The van der Waals surface area contributed by atoms with E-state index >= 15 is 0 Å². The van der Waals surface area contributed by atoms with Gasteiger partial charge in [-0.1, -0.05) is 0 Å². The minimum absolute atomic E-state index is 0.149. The molecule has 0 unspecified atom stereocenters. The van der Waals surface area contributed by atoms with Crippen LogP contribution in [0.2, 0.25) is 0 Å². The highest BCUT2D eigenvalue weighted by molar-refractivity contribution is 7.89. The van der Waals surface area contributed by atoms with Crippen molar-refractivity contribution in [2.45, 2.75) is 6.04 Å². The van der Waals surface area contributed by atoms with Crippen molar-refractivity contribution in [3.63, 3.8) is 0 Å². The van der Waals surface area contributed by atoms with Crippen molar-refractivity contribution in [2.75, 3.05) is 18.5 Å². The van der Waals surface area contributed by atoms with E-state index in [9.17, 15) is 12.8 Å². The van der Waals surface area contributed by atoms with Gasteiger partial charge in [-0.2, -0.15) is 0 Å². The van der Waals surface area contributed by atoms with Crippen LogP contribution in [-0.2, 0) is 10.0 Å². The average Bonchev–Trinajstić information content (AvgIpc) is 2.28. The third-order valence-electron chi connectivity index (χ3n) is 2.82. The van der Waals surface area contributed by atoms with Crippen LogP contribution < -0.4 is 11.1 Å². The van der Waals surface area contributed by atoms with Gasteiger partial charge in [0.05, 0.1) is 11.8 Å². The van der Waals surface area contributed by atoms with Crippen LogP contribution in [0.25, 0.3) is 0 Å². The monoisotopic (exact) mass is 272 g/mol. The second kappa shape index (κ2) is 4.13. The van der Waals surface area contributed by atoms with Crippen LogP contribution in [0.3, 0.4) is 0 Å². The molecule has 0 saturated carbocycles. The molecule has 0 spiro atoms. The lowest BCUT2D eigenvalue weighted by Gasteiger charge is -2.32. The SMILES string of the molecule is CN1C(=N)N[C@H](c2cc(N)ccc2F)CS1(=O)=O. The molecule has 1 heterocycles. The lowest BCUT2D eigenvalue weighted by Crippen LogP contribution is -2.52. The first-order chi connectivity index (χ1) is 8.31. The highest BCUT2D eigenvalue weighted by Crippen LogP contribution is 2.25. The lowest BCUT2D eigenvalue weighted by molar-refractivity contribution is 0.496. The molecule has 0 aliphatic carbocycles. The number of nitrogens with zero attached hydrogens (tertiary/aromatic N) is 1. The number of guanidine groups is 1. The van der Waals surface area contributed by atoms with Gasteiger partial charge >= 0.3 is 0 Å². The third kappa shape index (κ3) is 2.10. The van der Waals surface area contributed by atoms with Gasteiger partial charge < -0.3 is 11.1 Å². The van der Waals surface area contributed by atoms with E-state index in [4.69, 9.17) is 11.1 Å². The van der Waals surface area contributed by atoms with Gasteiger partial charge in [-0.15, -0.1) is 0 Å². The largest absolute Gasteiger partial charge is 0.399 e. The Morgan fingerprint density at radius 2 is 2.22 bits per heavy atom. The summed E-state index contributed by atoms with van der Waals surface area (Å²) in [7, 11) is -2.32. The van der Waals surface area contributed by atoms with Crippen molar-refractivity contribution in [2.24, 2.45) is 0 Å². The number of nitrogen functional groups attached to an aromatic ring is 1. The van der Waals surface area contributed by atoms with Gasteiger partial charge in [0, 0.05) is 18.3 Å². The van der Waals surface area contributed by atoms with Gasteiger partial charge in [-0.25, -0.2) is 17.1 Å². The highest BCUT2D eigenvalue weighted by Gasteiger charge is 2.34. The number of hydrogen-bond donors (Lipinski definition) is 3. The third-order valence-corrected chi connectivity index (χ3v) is 4.59. The molecule has 98 valence electrons. The molecule has 0 radical (unpaired) electrons. The molecule has 0 aromatic heterocycles. The van der Waals surface area contributed by atoms with Crippen molar-refractivity contribution in [3.05, 3.63) is 29.6 Å². The fourth-order valence-corrected chi connectivity index (χ4v) is 2.99. The summed E-state index contributed by atoms with van der Waals surface area (Å²) in [6.45, 7) is 0. The van der Waals surface area contributed by atoms with E-state index in [1.54, 1.807) is 0 Å². The Balaban J connectivity index is 2.41. The Kier molecular flexibility index (Phi) is 2.89. The van der Waals surface area contributed by atoms with E-state index < -0.39 is 21.9 Å². The first-order valence-corrected chi connectivity index (χ1v) is 6.79. The fraction of sp³-hybridized carbons (Fsp3) is 0.300. The molecule has 6 nitrogen and oxygen atoms in total. The summed E-state index contributed by atoms with van der Waals surface area (Å²) in [6, 6.07) is 3.15. The van der Waals surface area contributed by atoms with E-state index in [1.807, 2.05) is 0 Å². The van der Waals surface area contributed by atoms with Crippen molar-refractivity contribution < 1.29 is 12.8 Å². The van der Waals surface area contributed by atoms with E-state index in [-0.39, 0.29) is 17.3 Å². The molecule has 2 rings (SSSR count). The minimum Gasteiger partial charge on any atom is -0.399 e. The minimum atomic E-state index is -3.60. The maximum Gasteiger partial charge on any atom is 0.239 e. The molecule has 0 amide bonds. The number of hydrogen-bond acceptors (Lipinski definition) is 4. The molecular formula is C10H13FN4O2S. The standard InChI is InChI=1S/C10H13FN4O2S/c1-15-10(13)14-9(5-18(15,16)17)7-4-6(12)2-3-8(7)11/h2-4,9H,5,12H2,1H3,(H2,13,14)/t9-/m0/s1. The summed E-state index contributed by atoms with van der Waals surface area (Å²) in [5.74, 6) is -1.14. The number of benzene rings is 1. The Bertz CT molecular complexity index is 602. The Morgan fingerprint density at radius 1 is 1.56 bits per heavy atom. The van der Waals surface area contributed by atoms with Crippen LogP contribution in [0.15, 0.2) is 18.2 Å². The normalized spacial score (nSPS) is 22.7. The molecule has 1 saturated heterocycles. The van der Waals surface area contributed by atoms with E-state index in [0.717, 1.165) is 4.31 Å². The molecule has 0 bridgehead atoms. The molecule has 18 heavy (non-hydrogen) atoms. The second-order valence-corrected chi connectivity index (χ2v) is 6.12. The summed E-state index contributed by atoms with van der Waals surface area (Å²) >= 11 is 0. The number of nitrogens with one attached hydrogen (secondary N) is 2. The van der Waals surface area contributed by atoms with Crippen molar-refractivity contribution in [3.8, 4) is 0 Å². The molecule has 8 heteroatoms. The van der Waals surface area contributed by atoms with Gasteiger partial charge in [0.1, 0.15) is 5.82 Å². The highest BCUT2D eigenvalue weighted by atomic mass is 32.2. The molecular weight excluding hydrogens is 259 g/mol. The molecule has 4 N–H and O–H groups in total. The van der Waals surface area contributed by atoms with E-state index in [0.29, 0.717) is 5.69 Å². The fourth-order valence-electron chi connectivity index (χ4n) is 1.76. The second-order valence-electron chi connectivity index (χ2n) is 4.07. The first kappa shape index (κ1) is 12.6. The zero-order valence-corrected chi connectivity index (χ0v) is 10.5. The Labute approximate surface area is 104 Å². The van der Waals surface area contributed by atoms with E-state index in [1.165, 1.54) is 25.2 Å². The van der Waals surface area contributed by atoms with Gasteiger partial charge in [-0.3, -0.25) is 5.41 Å². The van der Waals surface area contributed by atoms with Crippen LogP contribution in [0, 0.1) is 11.2 Å². The topological polar surface area (TPSA) is 99.3 Å². The summed E-state index contributed by atoms with van der Waals surface area (Å²) in [5.41, 5.74) is 6.05. The Hall–Kier alpha value is -1.83. The molecule has 1 atom stereocenters. The van der Waals surface area contributed by atoms with Crippen LogP contribution in [0.5, 0.6) is 0 Å². The molecule has 1 fully saturated rings. The number of halogens is 1. The van der Waals surface area contributed by atoms with Crippen molar-refractivity contribution in [1.29, 1.82) is 5.41 Å². The van der Waals surface area contributed by atoms with E-state index in [2.05, 4.69) is 5.32 Å². The van der Waals surface area contributed by atoms with Gasteiger partial charge in [0.15, 0.2) is 0 Å². The lowest BCUT2D eigenvalue weighted by atomic mass is 10.1. The number of nitrogens with two attached hydrogens (primary N) is 1.